The second-order valence-electron chi connectivity index (χ2n) is 10.7. The van der Waals surface area contributed by atoms with Gasteiger partial charge in [-0.15, -0.1) is 0 Å². The molecule has 1 unspecified atom stereocenters. The highest BCUT2D eigenvalue weighted by Crippen LogP contribution is 2.40. The summed E-state index contributed by atoms with van der Waals surface area (Å²) in [6.07, 6.45) is 3.96. The maximum Gasteiger partial charge on any atom is 0.315 e. The van der Waals surface area contributed by atoms with Crippen molar-refractivity contribution < 1.29 is 18.0 Å². The van der Waals surface area contributed by atoms with E-state index in [1.807, 2.05) is 25.1 Å². The van der Waals surface area contributed by atoms with E-state index in [-0.39, 0.29) is 17.5 Å². The molecule has 4 nitrogen and oxygen atoms in total. The Hall–Kier alpha value is -4.31. The molecule has 202 valence electrons. The molecular formula is C33H28F3N3O. The van der Waals surface area contributed by atoms with Gasteiger partial charge in [0.15, 0.2) is 0 Å². The highest BCUT2D eigenvalue weighted by atomic mass is 19.3. The van der Waals surface area contributed by atoms with Crippen LogP contribution < -0.4 is 4.90 Å². The number of benzene rings is 3. The molecule has 1 N–H and O–H groups in total. The Bertz CT molecular complexity index is 1590. The molecule has 3 aliphatic rings. The molecular weight excluding hydrogens is 511 g/mol. The van der Waals surface area contributed by atoms with Gasteiger partial charge in [-0.3, -0.25) is 10.2 Å². The van der Waals surface area contributed by atoms with Crippen LogP contribution >= 0.6 is 0 Å². The van der Waals surface area contributed by atoms with Gasteiger partial charge in [0.25, 0.3) is 5.91 Å². The first kappa shape index (κ1) is 25.9. The van der Waals surface area contributed by atoms with E-state index >= 15 is 0 Å². The first-order chi connectivity index (χ1) is 19.3. The zero-order valence-corrected chi connectivity index (χ0v) is 22.0. The summed E-state index contributed by atoms with van der Waals surface area (Å²) in [5, 5.41) is 8.68. The van der Waals surface area contributed by atoms with Gasteiger partial charge < -0.3 is 9.80 Å². The number of amides is 1. The van der Waals surface area contributed by atoms with E-state index < -0.39 is 18.4 Å². The quantitative estimate of drug-likeness (QED) is 0.226. The molecule has 2 heterocycles. The summed E-state index contributed by atoms with van der Waals surface area (Å²) >= 11 is 0. The van der Waals surface area contributed by atoms with Crippen LogP contribution in [0.4, 0.5) is 18.9 Å². The fourth-order valence-electron chi connectivity index (χ4n) is 5.50. The molecule has 40 heavy (non-hydrogen) atoms. The fourth-order valence-corrected chi connectivity index (χ4v) is 5.50. The number of likely N-dealkylation sites (tertiary alicyclic amines) is 1. The standard InChI is InChI=1S/C33H28F3N3O/c1-20-15-30(39(33(35)36)29-8-3-2-7-27(20)29)25-18-38(19-25)32(40)24-13-14-28(22(16-24)12-11-21-9-10-21)31(37)23-5-4-6-26(34)17-23/h2-8,13-17,21,25,30,33,37H,9-10,18-19H2,1H3. The van der Waals surface area contributed by atoms with Crippen molar-refractivity contribution >= 4 is 22.9 Å². The van der Waals surface area contributed by atoms with E-state index in [4.69, 9.17) is 5.41 Å². The molecule has 1 aliphatic carbocycles. The number of hydrogen-bond donors (Lipinski definition) is 1. The maximum absolute atomic E-state index is 14.2. The summed E-state index contributed by atoms with van der Waals surface area (Å²) < 4.78 is 42.2. The topological polar surface area (TPSA) is 47.4 Å². The predicted octanol–water partition coefficient (Wildman–Crippen LogP) is 6.59. The first-order valence-electron chi connectivity index (χ1n) is 13.4. The SMILES string of the molecule is CC1=CC(C2CN(C(=O)c3ccc(C(=N)c4cccc(F)c4)c(C#CC4CC4)c3)C2)N(C(F)F)c2ccccc21. The Labute approximate surface area is 231 Å². The van der Waals surface area contributed by atoms with Crippen molar-refractivity contribution in [2.75, 3.05) is 18.0 Å². The van der Waals surface area contributed by atoms with Gasteiger partial charge in [-0.1, -0.05) is 54.3 Å². The largest absolute Gasteiger partial charge is 0.338 e. The van der Waals surface area contributed by atoms with Crippen molar-refractivity contribution in [3.8, 4) is 11.8 Å². The average Bonchev–Trinajstić information content (AvgIpc) is 3.75. The molecule has 1 saturated heterocycles. The van der Waals surface area contributed by atoms with Crippen LogP contribution in [0.25, 0.3) is 5.57 Å². The normalized spacial score (nSPS) is 18.4. The zero-order chi connectivity index (χ0) is 28.0. The van der Waals surface area contributed by atoms with E-state index in [0.717, 1.165) is 28.9 Å². The van der Waals surface area contributed by atoms with E-state index in [2.05, 4.69) is 11.8 Å². The van der Waals surface area contributed by atoms with Crippen molar-refractivity contribution in [3.05, 3.63) is 106 Å². The summed E-state index contributed by atoms with van der Waals surface area (Å²) in [4.78, 5) is 16.3. The fraction of sp³-hybridized carbons (Fsp3) is 0.273. The number of fused-ring (bicyclic) bond motifs is 1. The number of carbonyl (C=O) groups is 1. The minimum Gasteiger partial charge on any atom is -0.338 e. The Morgan fingerprint density at radius 3 is 2.50 bits per heavy atom. The molecule has 0 aromatic heterocycles. The maximum atomic E-state index is 14.2. The van der Waals surface area contributed by atoms with E-state index in [0.29, 0.717) is 46.9 Å². The number of halogens is 3. The highest BCUT2D eigenvalue weighted by molar-refractivity contribution is 6.12. The third-order valence-electron chi connectivity index (χ3n) is 7.88. The molecule has 1 atom stereocenters. The van der Waals surface area contributed by atoms with Gasteiger partial charge in [0.1, 0.15) is 5.82 Å². The summed E-state index contributed by atoms with van der Waals surface area (Å²) in [6, 6.07) is 17.6. The lowest BCUT2D eigenvalue weighted by Crippen LogP contribution is -2.59. The number of hydrogen-bond acceptors (Lipinski definition) is 3. The van der Waals surface area contributed by atoms with Gasteiger partial charge >= 0.3 is 6.55 Å². The lowest BCUT2D eigenvalue weighted by atomic mass is 9.84. The number of nitrogens with zero attached hydrogens (tertiary/aromatic N) is 2. The second-order valence-corrected chi connectivity index (χ2v) is 10.7. The predicted molar refractivity (Wildman–Crippen MR) is 150 cm³/mol. The first-order valence-corrected chi connectivity index (χ1v) is 13.4. The molecule has 0 bridgehead atoms. The third-order valence-corrected chi connectivity index (χ3v) is 7.88. The van der Waals surface area contributed by atoms with Gasteiger partial charge in [-0.05, 0) is 55.7 Å². The molecule has 0 radical (unpaired) electrons. The number of carbonyl (C=O) groups excluding carboxylic acids is 1. The molecule has 2 aliphatic heterocycles. The minimum atomic E-state index is -2.66. The molecule has 3 aromatic rings. The Kier molecular flexibility index (Phi) is 6.71. The summed E-state index contributed by atoms with van der Waals surface area (Å²) in [5.74, 6) is 5.92. The van der Waals surface area contributed by atoms with Crippen molar-refractivity contribution in [2.45, 2.75) is 32.4 Å². The zero-order valence-electron chi connectivity index (χ0n) is 22.0. The van der Waals surface area contributed by atoms with Crippen molar-refractivity contribution in [2.24, 2.45) is 11.8 Å². The van der Waals surface area contributed by atoms with E-state index in [1.54, 1.807) is 47.4 Å². The van der Waals surface area contributed by atoms with Crippen LogP contribution in [0.3, 0.4) is 0 Å². The van der Waals surface area contributed by atoms with Crippen molar-refractivity contribution in [1.29, 1.82) is 5.41 Å². The van der Waals surface area contributed by atoms with Crippen molar-refractivity contribution in [1.82, 2.24) is 4.90 Å². The lowest BCUT2D eigenvalue weighted by molar-refractivity contribution is 0.0415. The van der Waals surface area contributed by atoms with Gasteiger partial charge in [0.2, 0.25) is 0 Å². The van der Waals surface area contributed by atoms with Crippen molar-refractivity contribution in [3.63, 3.8) is 0 Å². The Balaban J connectivity index is 1.22. The van der Waals surface area contributed by atoms with E-state index in [9.17, 15) is 18.0 Å². The molecule has 0 spiro atoms. The monoisotopic (exact) mass is 539 g/mol. The average molecular weight is 540 g/mol. The van der Waals surface area contributed by atoms with E-state index in [1.165, 1.54) is 12.1 Å². The van der Waals surface area contributed by atoms with Gasteiger partial charge in [0, 0.05) is 58.4 Å². The number of para-hydroxylation sites is 1. The molecule has 7 heteroatoms. The molecule has 2 fully saturated rings. The molecule has 3 aromatic carbocycles. The summed E-state index contributed by atoms with van der Waals surface area (Å²) in [7, 11) is 0. The Morgan fingerprint density at radius 1 is 1.00 bits per heavy atom. The van der Waals surface area contributed by atoms with Crippen LogP contribution in [-0.4, -0.2) is 42.2 Å². The number of anilines is 1. The summed E-state index contributed by atoms with van der Waals surface area (Å²) in [5.41, 5.74) is 4.35. The third kappa shape index (κ3) is 4.90. The summed E-state index contributed by atoms with van der Waals surface area (Å²) in [6.45, 7) is 0.00282. The Morgan fingerprint density at radius 2 is 1.77 bits per heavy atom. The van der Waals surface area contributed by atoms with Gasteiger partial charge in [0.05, 0.1) is 11.8 Å². The van der Waals surface area contributed by atoms with Crippen LogP contribution in [0.2, 0.25) is 0 Å². The number of alkyl halides is 2. The van der Waals surface area contributed by atoms with Crippen LogP contribution in [0.15, 0.2) is 72.8 Å². The second kappa shape index (κ2) is 10.3. The van der Waals surface area contributed by atoms with Crippen LogP contribution in [0.5, 0.6) is 0 Å². The number of allylic oxidation sites excluding steroid dienone is 1. The van der Waals surface area contributed by atoms with Gasteiger partial charge in [-0.25, -0.2) is 4.39 Å². The molecule has 6 rings (SSSR count). The number of nitrogens with one attached hydrogen (secondary N) is 1. The van der Waals surface area contributed by atoms with Gasteiger partial charge in [-0.2, -0.15) is 8.78 Å². The molecule has 1 saturated carbocycles. The molecule has 1 amide bonds. The minimum absolute atomic E-state index is 0.129. The van der Waals surface area contributed by atoms with Crippen LogP contribution in [0, 0.1) is 34.9 Å². The lowest BCUT2D eigenvalue weighted by Gasteiger charge is -2.48. The smallest absolute Gasteiger partial charge is 0.315 e. The van der Waals surface area contributed by atoms with Crippen LogP contribution in [-0.2, 0) is 0 Å². The number of rotatable bonds is 5. The van der Waals surface area contributed by atoms with Crippen LogP contribution in [0.1, 0.15) is 52.4 Å². The highest BCUT2D eigenvalue weighted by Gasteiger charge is 2.42.